The maximum absolute atomic E-state index is 2.58. The number of anilines is 3. The van der Waals surface area contributed by atoms with E-state index >= 15 is 0 Å². The Labute approximate surface area is 410 Å². The fourth-order valence-electron chi connectivity index (χ4n) is 11.8. The highest BCUT2D eigenvalue weighted by atomic mass is 32.1. The average Bonchev–Trinajstić information content (AvgIpc) is 4.01. The first-order chi connectivity index (χ1) is 33.5. The van der Waals surface area contributed by atoms with Crippen molar-refractivity contribution in [2.75, 3.05) is 4.90 Å². The van der Waals surface area contributed by atoms with Crippen LogP contribution in [0.25, 0.3) is 75.5 Å². The summed E-state index contributed by atoms with van der Waals surface area (Å²) in [5.74, 6) is 0. The summed E-state index contributed by atoms with van der Waals surface area (Å²) in [4.78, 5) is 2.58. The third-order valence-electron chi connectivity index (χ3n) is 15.2. The summed E-state index contributed by atoms with van der Waals surface area (Å²) in [7, 11) is 0. The molecule has 2 heteroatoms. The molecular formula is C67H53NS. The minimum absolute atomic E-state index is 0.0243. The lowest BCUT2D eigenvalue weighted by Gasteiger charge is -2.33. The Hall–Kier alpha value is -7.52. The van der Waals surface area contributed by atoms with Gasteiger partial charge in [0.1, 0.15) is 0 Å². The summed E-state index contributed by atoms with van der Waals surface area (Å²) in [5.41, 5.74) is 21.2. The number of nitrogens with zero attached hydrogens (tertiary/aromatic N) is 1. The molecule has 11 aromatic rings. The summed E-state index contributed by atoms with van der Waals surface area (Å²) >= 11 is 1.90. The van der Waals surface area contributed by atoms with Crippen molar-refractivity contribution in [1.29, 1.82) is 0 Å². The van der Waals surface area contributed by atoms with E-state index < -0.39 is 5.41 Å². The van der Waals surface area contributed by atoms with Crippen LogP contribution in [0, 0.1) is 0 Å². The van der Waals surface area contributed by atoms with Gasteiger partial charge in [0.15, 0.2) is 0 Å². The lowest BCUT2D eigenvalue weighted by Crippen LogP contribution is -2.27. The molecule has 0 unspecified atom stereocenters. The molecule has 13 rings (SSSR count). The van der Waals surface area contributed by atoms with Crippen molar-refractivity contribution in [3.05, 3.63) is 246 Å². The van der Waals surface area contributed by atoms with Crippen LogP contribution in [0.3, 0.4) is 0 Å². The first-order valence-electron chi connectivity index (χ1n) is 24.4. The quantitative estimate of drug-likeness (QED) is 0.166. The van der Waals surface area contributed by atoms with E-state index in [0.717, 1.165) is 5.69 Å². The highest BCUT2D eigenvalue weighted by molar-refractivity contribution is 7.26. The van der Waals surface area contributed by atoms with Gasteiger partial charge in [0.05, 0.1) is 21.5 Å². The summed E-state index contributed by atoms with van der Waals surface area (Å²) in [6, 6.07) is 80.5. The molecule has 1 spiro atoms. The zero-order chi connectivity index (χ0) is 46.8. The van der Waals surface area contributed by atoms with E-state index in [1.54, 1.807) is 0 Å². The molecule has 0 atom stereocenters. The van der Waals surface area contributed by atoms with Crippen LogP contribution < -0.4 is 4.90 Å². The SMILES string of the molecule is CC(C)(C)c1ccc2c(c1)C1(c3cc(C(C)(C)C)ccc3-2)c2ccccc2-c2c(N(c3ccc(-c4ccc5ccccc5c4)cc3)c3cccc4c3sc3cccc(-c5ccccc5)c34)cccc21. The van der Waals surface area contributed by atoms with Gasteiger partial charge in [-0.15, -0.1) is 11.3 Å². The van der Waals surface area contributed by atoms with Crippen LogP contribution >= 0.6 is 11.3 Å². The van der Waals surface area contributed by atoms with Crippen molar-refractivity contribution in [2.24, 2.45) is 0 Å². The largest absolute Gasteiger partial charge is 0.308 e. The van der Waals surface area contributed by atoms with Crippen LogP contribution in [0.15, 0.2) is 212 Å². The number of thiophene rings is 1. The molecule has 0 N–H and O–H groups in total. The molecule has 0 radical (unpaired) electrons. The standard InChI is InChI=1S/C67H53NS/c1-65(2,3)47-33-37-51-52-38-34-48(66(4,5)6)41-58(52)67(57(51)40-47)55-24-13-12-21-53(55)63-56(67)25-16-26-59(63)68(49-35-31-43(32-36-49)46-30-29-42-17-10-11-20-45(42)39-46)60-27-14-23-54-62-50(44-18-8-7-9-19-44)22-15-28-61(62)69-64(54)60/h7-41H,1-6H3. The summed E-state index contributed by atoms with van der Waals surface area (Å²) in [6.45, 7) is 14.1. The van der Waals surface area contributed by atoms with Gasteiger partial charge >= 0.3 is 0 Å². The number of fused-ring (bicyclic) bond motifs is 14. The van der Waals surface area contributed by atoms with Gasteiger partial charge in [-0.3, -0.25) is 0 Å². The lowest BCUT2D eigenvalue weighted by molar-refractivity contribution is 0.586. The third-order valence-corrected chi connectivity index (χ3v) is 16.4. The summed E-state index contributed by atoms with van der Waals surface area (Å²) < 4.78 is 2.56. The van der Waals surface area contributed by atoms with E-state index in [2.05, 4.69) is 259 Å². The molecule has 1 heterocycles. The number of hydrogen-bond acceptors (Lipinski definition) is 2. The number of benzene rings is 10. The van der Waals surface area contributed by atoms with Crippen molar-refractivity contribution in [3.63, 3.8) is 0 Å². The first kappa shape index (κ1) is 41.7. The van der Waals surface area contributed by atoms with Crippen molar-refractivity contribution < 1.29 is 0 Å². The molecule has 1 nitrogen and oxygen atoms in total. The van der Waals surface area contributed by atoms with E-state index in [4.69, 9.17) is 0 Å². The first-order valence-corrected chi connectivity index (χ1v) is 25.2. The smallest absolute Gasteiger partial charge is 0.0726 e. The lowest BCUT2D eigenvalue weighted by atomic mass is 9.69. The van der Waals surface area contributed by atoms with Gasteiger partial charge in [-0.2, -0.15) is 0 Å². The molecule has 10 aromatic carbocycles. The maximum Gasteiger partial charge on any atom is 0.0726 e. The van der Waals surface area contributed by atoms with Crippen LogP contribution in [0.1, 0.15) is 74.9 Å². The Balaban J connectivity index is 1.10. The Morgan fingerprint density at radius 2 is 0.986 bits per heavy atom. The van der Waals surface area contributed by atoms with Gasteiger partial charge in [-0.1, -0.05) is 217 Å². The molecule has 1 aromatic heterocycles. The van der Waals surface area contributed by atoms with Gasteiger partial charge < -0.3 is 4.90 Å². The van der Waals surface area contributed by atoms with E-state index in [0.29, 0.717) is 0 Å². The van der Waals surface area contributed by atoms with Crippen LogP contribution in [0.5, 0.6) is 0 Å². The molecule has 0 saturated carbocycles. The average molecular weight is 904 g/mol. The minimum atomic E-state index is -0.519. The van der Waals surface area contributed by atoms with Gasteiger partial charge in [-0.25, -0.2) is 0 Å². The van der Waals surface area contributed by atoms with Crippen LogP contribution in [-0.2, 0) is 16.2 Å². The van der Waals surface area contributed by atoms with Crippen LogP contribution in [0.4, 0.5) is 17.1 Å². The van der Waals surface area contributed by atoms with Crippen molar-refractivity contribution >= 4 is 59.3 Å². The Morgan fingerprint density at radius 1 is 0.391 bits per heavy atom. The Bertz CT molecular complexity index is 3790. The zero-order valence-corrected chi connectivity index (χ0v) is 40.9. The minimum Gasteiger partial charge on any atom is -0.308 e. The molecule has 0 bridgehead atoms. The second kappa shape index (κ2) is 15.2. The molecule has 2 aliphatic rings. The van der Waals surface area contributed by atoms with Crippen LogP contribution in [-0.4, -0.2) is 0 Å². The molecule has 69 heavy (non-hydrogen) atoms. The summed E-state index contributed by atoms with van der Waals surface area (Å²) in [5, 5.41) is 5.09. The van der Waals surface area contributed by atoms with Gasteiger partial charge in [0.2, 0.25) is 0 Å². The monoisotopic (exact) mass is 903 g/mol. The van der Waals surface area contributed by atoms with Gasteiger partial charge in [0.25, 0.3) is 0 Å². The molecule has 0 saturated heterocycles. The Morgan fingerprint density at radius 3 is 1.71 bits per heavy atom. The molecular weight excluding hydrogens is 851 g/mol. The second-order valence-corrected chi connectivity index (χ2v) is 22.3. The highest BCUT2D eigenvalue weighted by Gasteiger charge is 2.53. The topological polar surface area (TPSA) is 3.24 Å². The van der Waals surface area contributed by atoms with E-state index in [-0.39, 0.29) is 10.8 Å². The molecule has 2 aliphatic carbocycles. The number of hydrogen-bond donors (Lipinski definition) is 0. The molecule has 0 aliphatic heterocycles. The maximum atomic E-state index is 2.58. The van der Waals surface area contributed by atoms with Crippen molar-refractivity contribution in [2.45, 2.75) is 57.8 Å². The molecule has 332 valence electrons. The van der Waals surface area contributed by atoms with Crippen LogP contribution in [0.2, 0.25) is 0 Å². The third kappa shape index (κ3) is 6.28. The number of rotatable bonds is 5. The predicted molar refractivity (Wildman–Crippen MR) is 296 cm³/mol. The highest BCUT2D eigenvalue weighted by Crippen LogP contribution is 2.65. The second-order valence-electron chi connectivity index (χ2n) is 21.3. The fourth-order valence-corrected chi connectivity index (χ4v) is 13.0. The van der Waals surface area contributed by atoms with E-state index in [1.807, 2.05) is 11.3 Å². The van der Waals surface area contributed by atoms with E-state index in [9.17, 15) is 0 Å². The zero-order valence-electron chi connectivity index (χ0n) is 40.1. The van der Waals surface area contributed by atoms with Crippen molar-refractivity contribution in [3.8, 4) is 44.5 Å². The van der Waals surface area contributed by atoms with E-state index in [1.165, 1.54) is 120 Å². The van der Waals surface area contributed by atoms with Gasteiger partial charge in [0, 0.05) is 26.7 Å². The Kier molecular flexibility index (Phi) is 9.20. The molecule has 0 fully saturated rings. The predicted octanol–water partition coefficient (Wildman–Crippen LogP) is 18.9. The normalized spacial score (nSPS) is 13.5. The fraction of sp³-hybridized carbons (Fsp3) is 0.134. The van der Waals surface area contributed by atoms with Gasteiger partial charge in [-0.05, 0) is 130 Å². The summed E-state index contributed by atoms with van der Waals surface area (Å²) in [6.07, 6.45) is 0. The van der Waals surface area contributed by atoms with Crippen molar-refractivity contribution in [1.82, 2.24) is 0 Å². The molecule has 0 amide bonds.